The lowest BCUT2D eigenvalue weighted by Gasteiger charge is -2.15. The summed E-state index contributed by atoms with van der Waals surface area (Å²) < 4.78 is 0. The molecule has 1 aromatic carbocycles. The van der Waals surface area contributed by atoms with Crippen molar-refractivity contribution in [2.24, 2.45) is 0 Å². The van der Waals surface area contributed by atoms with Crippen LogP contribution in [-0.4, -0.2) is 53.4 Å². The van der Waals surface area contributed by atoms with E-state index in [1.54, 1.807) is 12.1 Å². The lowest BCUT2D eigenvalue weighted by molar-refractivity contribution is 0.0793. The van der Waals surface area contributed by atoms with E-state index in [9.17, 15) is 9.90 Å². The number of anilines is 1. The van der Waals surface area contributed by atoms with Crippen molar-refractivity contribution in [1.82, 2.24) is 4.90 Å². The maximum absolute atomic E-state index is 12.1. The van der Waals surface area contributed by atoms with E-state index in [0.29, 0.717) is 5.56 Å². The second kappa shape index (κ2) is 6.54. The average molecular weight is 264 g/mol. The highest BCUT2D eigenvalue weighted by Crippen LogP contribution is 2.15. The van der Waals surface area contributed by atoms with E-state index in [1.165, 1.54) is 0 Å². The van der Waals surface area contributed by atoms with Gasteiger partial charge >= 0.3 is 0 Å². The second-order valence-corrected chi connectivity index (χ2v) is 4.79. The molecule has 0 bridgehead atoms. The lowest BCUT2D eigenvalue weighted by Crippen LogP contribution is -2.27. The number of aliphatic hydroxyl groups is 2. The van der Waals surface area contributed by atoms with E-state index in [-0.39, 0.29) is 19.1 Å². The van der Waals surface area contributed by atoms with Crippen molar-refractivity contribution in [1.29, 1.82) is 0 Å². The Kier molecular flexibility index (Phi) is 4.76. The first-order valence-electron chi connectivity index (χ1n) is 6.63. The molecule has 1 unspecified atom stereocenters. The van der Waals surface area contributed by atoms with Gasteiger partial charge in [-0.1, -0.05) is 0 Å². The zero-order valence-electron chi connectivity index (χ0n) is 10.9. The minimum absolute atomic E-state index is 0.0828. The number of hydrogen-bond donors (Lipinski definition) is 3. The summed E-state index contributed by atoms with van der Waals surface area (Å²) in [6.07, 6.45) is 1.40. The third-order valence-corrected chi connectivity index (χ3v) is 3.28. The molecule has 0 spiro atoms. The third-order valence-electron chi connectivity index (χ3n) is 3.28. The molecule has 1 fully saturated rings. The molecule has 1 aliphatic heterocycles. The Labute approximate surface area is 112 Å². The van der Waals surface area contributed by atoms with Gasteiger partial charge < -0.3 is 20.4 Å². The first kappa shape index (κ1) is 13.8. The normalized spacial score (nSPS) is 16.4. The summed E-state index contributed by atoms with van der Waals surface area (Å²) in [5.74, 6) is 0.0828. The van der Waals surface area contributed by atoms with Crippen LogP contribution in [0.1, 0.15) is 23.2 Å². The quantitative estimate of drug-likeness (QED) is 0.731. The number of nitrogens with one attached hydrogen (secondary N) is 1. The van der Waals surface area contributed by atoms with Crippen molar-refractivity contribution in [3.05, 3.63) is 29.8 Å². The average Bonchev–Trinajstić information content (AvgIpc) is 2.98. The van der Waals surface area contributed by atoms with Gasteiger partial charge in [0.15, 0.2) is 0 Å². The van der Waals surface area contributed by atoms with E-state index in [2.05, 4.69) is 5.32 Å². The molecule has 5 heteroatoms. The second-order valence-electron chi connectivity index (χ2n) is 4.79. The fourth-order valence-electron chi connectivity index (χ4n) is 2.13. The van der Waals surface area contributed by atoms with Gasteiger partial charge in [-0.15, -0.1) is 0 Å². The first-order valence-corrected chi connectivity index (χ1v) is 6.63. The van der Waals surface area contributed by atoms with Gasteiger partial charge in [-0.25, -0.2) is 0 Å². The highest BCUT2D eigenvalue weighted by Gasteiger charge is 2.19. The molecule has 2 rings (SSSR count). The number of aliphatic hydroxyl groups excluding tert-OH is 2. The Morgan fingerprint density at radius 3 is 2.47 bits per heavy atom. The maximum atomic E-state index is 12.1. The fourth-order valence-corrected chi connectivity index (χ4v) is 2.13. The van der Waals surface area contributed by atoms with Crippen LogP contribution in [0.4, 0.5) is 5.69 Å². The Bertz CT molecular complexity index is 413. The minimum atomic E-state index is -0.772. The predicted molar refractivity (Wildman–Crippen MR) is 73.2 cm³/mol. The van der Waals surface area contributed by atoms with Crippen molar-refractivity contribution < 1.29 is 15.0 Å². The number of hydrogen-bond acceptors (Lipinski definition) is 4. The Hall–Kier alpha value is -1.59. The topological polar surface area (TPSA) is 72.8 Å². The molecule has 0 saturated carbocycles. The number of carbonyl (C=O) groups is 1. The molecule has 1 atom stereocenters. The van der Waals surface area contributed by atoms with Crippen molar-refractivity contribution in [2.75, 3.05) is 31.6 Å². The van der Waals surface area contributed by atoms with Crippen LogP contribution in [0, 0.1) is 0 Å². The number of amides is 1. The van der Waals surface area contributed by atoms with Crippen LogP contribution in [0.15, 0.2) is 24.3 Å². The summed E-state index contributed by atoms with van der Waals surface area (Å²) in [4.78, 5) is 14.0. The summed E-state index contributed by atoms with van der Waals surface area (Å²) in [6, 6.07) is 7.20. The van der Waals surface area contributed by atoms with Crippen LogP contribution in [0.2, 0.25) is 0 Å². The standard InChI is InChI=1S/C14H20N2O3/c17-10-13(18)9-15-12-5-3-11(4-6-12)14(19)16-7-1-2-8-16/h3-6,13,15,17-18H,1-2,7-10H2. The Balaban J connectivity index is 1.92. The summed E-state index contributed by atoms with van der Waals surface area (Å²) in [5, 5.41) is 20.9. The molecule has 19 heavy (non-hydrogen) atoms. The van der Waals surface area contributed by atoms with E-state index in [0.717, 1.165) is 31.6 Å². The monoisotopic (exact) mass is 264 g/mol. The molecule has 1 saturated heterocycles. The molecule has 1 aliphatic rings. The molecule has 0 radical (unpaired) electrons. The van der Waals surface area contributed by atoms with Crippen molar-refractivity contribution >= 4 is 11.6 Å². The SMILES string of the molecule is O=C(c1ccc(NCC(O)CO)cc1)N1CCCC1. The van der Waals surface area contributed by atoms with Gasteiger partial charge in [0.1, 0.15) is 0 Å². The van der Waals surface area contributed by atoms with E-state index < -0.39 is 6.10 Å². The zero-order chi connectivity index (χ0) is 13.7. The van der Waals surface area contributed by atoms with Crippen molar-refractivity contribution in [3.8, 4) is 0 Å². The molecular formula is C14H20N2O3. The van der Waals surface area contributed by atoms with Gasteiger partial charge in [-0.05, 0) is 37.1 Å². The molecule has 5 nitrogen and oxygen atoms in total. The van der Waals surface area contributed by atoms with Crippen LogP contribution in [0.3, 0.4) is 0 Å². The molecule has 1 heterocycles. The number of carbonyl (C=O) groups excluding carboxylic acids is 1. The van der Waals surface area contributed by atoms with Gasteiger partial charge in [0.2, 0.25) is 0 Å². The van der Waals surface area contributed by atoms with Crippen molar-refractivity contribution in [2.45, 2.75) is 18.9 Å². The highest BCUT2D eigenvalue weighted by atomic mass is 16.3. The Morgan fingerprint density at radius 1 is 1.26 bits per heavy atom. The highest BCUT2D eigenvalue weighted by molar-refractivity contribution is 5.94. The van der Waals surface area contributed by atoms with E-state index in [4.69, 9.17) is 5.11 Å². The van der Waals surface area contributed by atoms with Crippen LogP contribution in [0.5, 0.6) is 0 Å². The van der Waals surface area contributed by atoms with Gasteiger partial charge in [0.25, 0.3) is 5.91 Å². The third kappa shape index (κ3) is 3.68. The van der Waals surface area contributed by atoms with Crippen molar-refractivity contribution in [3.63, 3.8) is 0 Å². The fraction of sp³-hybridized carbons (Fsp3) is 0.500. The summed E-state index contributed by atoms with van der Waals surface area (Å²) in [5.41, 5.74) is 1.51. The van der Waals surface area contributed by atoms with Crippen LogP contribution in [0.25, 0.3) is 0 Å². The van der Waals surface area contributed by atoms with Gasteiger partial charge in [-0.3, -0.25) is 4.79 Å². The van der Waals surface area contributed by atoms with E-state index >= 15 is 0 Å². The molecule has 0 aromatic heterocycles. The zero-order valence-corrected chi connectivity index (χ0v) is 10.9. The predicted octanol–water partition coefficient (Wildman–Crippen LogP) is 0.688. The summed E-state index contributed by atoms with van der Waals surface area (Å²) in [6.45, 7) is 1.72. The molecule has 104 valence electrons. The lowest BCUT2D eigenvalue weighted by atomic mass is 10.2. The number of rotatable bonds is 5. The van der Waals surface area contributed by atoms with Crippen LogP contribution < -0.4 is 5.32 Å². The van der Waals surface area contributed by atoms with Gasteiger partial charge in [-0.2, -0.15) is 0 Å². The number of nitrogens with zero attached hydrogens (tertiary/aromatic N) is 1. The van der Waals surface area contributed by atoms with Crippen LogP contribution >= 0.6 is 0 Å². The molecular weight excluding hydrogens is 244 g/mol. The first-order chi connectivity index (χ1) is 9.20. The number of benzene rings is 1. The maximum Gasteiger partial charge on any atom is 0.253 e. The molecule has 1 amide bonds. The largest absolute Gasteiger partial charge is 0.394 e. The summed E-state index contributed by atoms with van der Waals surface area (Å²) in [7, 11) is 0. The number of likely N-dealkylation sites (tertiary alicyclic amines) is 1. The molecule has 0 aliphatic carbocycles. The minimum Gasteiger partial charge on any atom is -0.394 e. The van der Waals surface area contributed by atoms with Gasteiger partial charge in [0.05, 0.1) is 12.7 Å². The van der Waals surface area contributed by atoms with Gasteiger partial charge in [0, 0.05) is 30.9 Å². The van der Waals surface area contributed by atoms with Crippen LogP contribution in [-0.2, 0) is 0 Å². The molecule has 3 N–H and O–H groups in total. The summed E-state index contributed by atoms with van der Waals surface area (Å²) >= 11 is 0. The smallest absolute Gasteiger partial charge is 0.253 e. The van der Waals surface area contributed by atoms with E-state index in [1.807, 2.05) is 17.0 Å². The molecule has 1 aromatic rings. The Morgan fingerprint density at radius 2 is 1.89 bits per heavy atom.